The molecule has 0 bridgehead atoms. The molecule has 6 nitrogen and oxygen atoms in total. The van der Waals surface area contributed by atoms with Crippen LogP contribution in [-0.2, 0) is 11.2 Å². The summed E-state index contributed by atoms with van der Waals surface area (Å²) in [6.45, 7) is 1.84. The summed E-state index contributed by atoms with van der Waals surface area (Å²) in [6.07, 6.45) is 2.31. The molecule has 1 unspecified atom stereocenters. The van der Waals surface area contributed by atoms with Crippen molar-refractivity contribution in [2.75, 3.05) is 0 Å². The molecule has 0 fully saturated rings. The fourth-order valence-corrected chi connectivity index (χ4v) is 2.36. The van der Waals surface area contributed by atoms with E-state index in [0.29, 0.717) is 12.2 Å². The van der Waals surface area contributed by atoms with E-state index in [4.69, 9.17) is 0 Å². The predicted molar refractivity (Wildman–Crippen MR) is 68.0 cm³/mol. The van der Waals surface area contributed by atoms with E-state index in [2.05, 4.69) is 32.0 Å². The van der Waals surface area contributed by atoms with Gasteiger partial charge in [0.2, 0.25) is 5.91 Å². The largest absolute Gasteiger partial charge is 0.346 e. The van der Waals surface area contributed by atoms with Crippen LogP contribution in [0.5, 0.6) is 0 Å². The molecule has 0 aromatic carbocycles. The van der Waals surface area contributed by atoms with Crippen LogP contribution in [0.15, 0.2) is 17.5 Å². The summed E-state index contributed by atoms with van der Waals surface area (Å²) < 4.78 is 0. The van der Waals surface area contributed by atoms with E-state index < -0.39 is 0 Å². The van der Waals surface area contributed by atoms with Crippen molar-refractivity contribution in [3.63, 3.8) is 0 Å². The second-order valence-electron chi connectivity index (χ2n) is 3.99. The highest BCUT2D eigenvalue weighted by Crippen LogP contribution is 2.12. The third kappa shape index (κ3) is 3.63. The molecule has 0 aliphatic rings. The summed E-state index contributed by atoms with van der Waals surface area (Å²) in [7, 11) is 0. The van der Waals surface area contributed by atoms with Crippen LogP contribution in [0.2, 0.25) is 0 Å². The van der Waals surface area contributed by atoms with Crippen LogP contribution in [0.25, 0.3) is 0 Å². The Hall–Kier alpha value is -1.76. The maximum atomic E-state index is 11.7. The molecule has 0 saturated carbocycles. The molecule has 1 amide bonds. The lowest BCUT2D eigenvalue weighted by Gasteiger charge is -2.09. The first-order valence-electron chi connectivity index (χ1n) is 5.81. The molecule has 2 aromatic rings. The fourth-order valence-electron chi connectivity index (χ4n) is 1.61. The van der Waals surface area contributed by atoms with Gasteiger partial charge < -0.3 is 5.32 Å². The van der Waals surface area contributed by atoms with Gasteiger partial charge in [0, 0.05) is 11.3 Å². The second-order valence-corrected chi connectivity index (χ2v) is 5.02. The van der Waals surface area contributed by atoms with Crippen molar-refractivity contribution < 1.29 is 4.79 Å². The van der Waals surface area contributed by atoms with Crippen LogP contribution >= 0.6 is 11.3 Å². The first kappa shape index (κ1) is 12.7. The zero-order valence-corrected chi connectivity index (χ0v) is 10.9. The Bertz CT molecular complexity index is 468. The number of hydrogen-bond donors (Lipinski definition) is 2. The van der Waals surface area contributed by atoms with Gasteiger partial charge in [0.25, 0.3) is 0 Å². The van der Waals surface area contributed by atoms with Crippen molar-refractivity contribution in [2.45, 2.75) is 32.2 Å². The Morgan fingerprint density at radius 3 is 3.17 bits per heavy atom. The number of nitrogens with zero attached hydrogens (tertiary/aromatic N) is 3. The van der Waals surface area contributed by atoms with E-state index in [1.165, 1.54) is 4.88 Å². The molecule has 0 aliphatic carbocycles. The van der Waals surface area contributed by atoms with Gasteiger partial charge in [-0.25, -0.2) is 0 Å². The first-order valence-corrected chi connectivity index (χ1v) is 6.69. The van der Waals surface area contributed by atoms with Crippen molar-refractivity contribution in [2.24, 2.45) is 0 Å². The average molecular weight is 265 g/mol. The van der Waals surface area contributed by atoms with E-state index in [-0.39, 0.29) is 11.9 Å². The Labute approximate surface area is 109 Å². The van der Waals surface area contributed by atoms with Gasteiger partial charge in [0.05, 0.1) is 6.04 Å². The summed E-state index contributed by atoms with van der Waals surface area (Å²) >= 11 is 1.72. The van der Waals surface area contributed by atoms with Crippen molar-refractivity contribution in [3.8, 4) is 0 Å². The second kappa shape index (κ2) is 6.25. The van der Waals surface area contributed by atoms with Gasteiger partial charge in [-0.05, 0) is 31.2 Å². The van der Waals surface area contributed by atoms with E-state index in [1.54, 1.807) is 11.3 Å². The van der Waals surface area contributed by atoms with Gasteiger partial charge in [-0.1, -0.05) is 11.3 Å². The first-order chi connectivity index (χ1) is 8.75. The minimum atomic E-state index is -0.210. The van der Waals surface area contributed by atoms with Gasteiger partial charge in [-0.15, -0.1) is 21.5 Å². The van der Waals surface area contributed by atoms with Gasteiger partial charge in [0.1, 0.15) is 0 Å². The standard InChI is InChI=1S/C11H15N5OS/c1-8(11-13-15-16-14-11)12-10(17)6-2-4-9-5-3-7-18-9/h3,5,7-8H,2,4,6H2,1H3,(H,12,17)(H,13,14,15,16). The van der Waals surface area contributed by atoms with Gasteiger partial charge in [0.15, 0.2) is 5.82 Å². The molecule has 1 atom stereocenters. The predicted octanol–water partition coefficient (Wildman–Crippen LogP) is 1.46. The van der Waals surface area contributed by atoms with Crippen LogP contribution in [0.1, 0.15) is 36.5 Å². The highest BCUT2D eigenvalue weighted by atomic mass is 32.1. The number of aryl methyl sites for hydroxylation is 1. The topological polar surface area (TPSA) is 83.6 Å². The Kier molecular flexibility index (Phi) is 4.40. The summed E-state index contributed by atoms with van der Waals surface area (Å²) in [5.74, 6) is 0.519. The number of carbonyl (C=O) groups is 1. The normalized spacial score (nSPS) is 12.3. The maximum absolute atomic E-state index is 11.7. The lowest BCUT2D eigenvalue weighted by atomic mass is 10.2. The highest BCUT2D eigenvalue weighted by Gasteiger charge is 2.12. The number of nitrogens with one attached hydrogen (secondary N) is 2. The summed E-state index contributed by atoms with van der Waals surface area (Å²) in [4.78, 5) is 13.0. The van der Waals surface area contributed by atoms with Gasteiger partial charge in [-0.2, -0.15) is 5.21 Å². The van der Waals surface area contributed by atoms with Gasteiger partial charge >= 0.3 is 0 Å². The molecule has 0 spiro atoms. The van der Waals surface area contributed by atoms with Crippen LogP contribution in [0.3, 0.4) is 0 Å². The molecule has 18 heavy (non-hydrogen) atoms. The minimum Gasteiger partial charge on any atom is -0.346 e. The molecule has 96 valence electrons. The SMILES string of the molecule is CC(NC(=O)CCCc1cccs1)c1nn[nH]n1. The highest BCUT2D eigenvalue weighted by molar-refractivity contribution is 7.09. The van der Waals surface area contributed by atoms with E-state index in [9.17, 15) is 4.79 Å². The molecule has 0 saturated heterocycles. The van der Waals surface area contributed by atoms with Gasteiger partial charge in [-0.3, -0.25) is 4.79 Å². The maximum Gasteiger partial charge on any atom is 0.220 e. The molecule has 2 heterocycles. The molecule has 0 aliphatic heterocycles. The van der Waals surface area contributed by atoms with Crippen molar-refractivity contribution in [3.05, 3.63) is 28.2 Å². The third-order valence-electron chi connectivity index (χ3n) is 2.53. The monoisotopic (exact) mass is 265 g/mol. The average Bonchev–Trinajstić information content (AvgIpc) is 3.02. The van der Waals surface area contributed by atoms with Crippen LogP contribution in [-0.4, -0.2) is 26.5 Å². The zero-order valence-electron chi connectivity index (χ0n) is 10.1. The Morgan fingerprint density at radius 1 is 1.61 bits per heavy atom. The molecular formula is C11H15N5OS. The number of aromatic amines is 1. The van der Waals surface area contributed by atoms with Crippen molar-refractivity contribution >= 4 is 17.2 Å². The van der Waals surface area contributed by atoms with E-state index in [0.717, 1.165) is 12.8 Å². The summed E-state index contributed by atoms with van der Waals surface area (Å²) in [5, 5.41) is 18.4. The Balaban J connectivity index is 1.69. The number of carbonyl (C=O) groups excluding carboxylic acids is 1. The van der Waals surface area contributed by atoms with Crippen LogP contribution in [0.4, 0.5) is 0 Å². The number of aromatic nitrogens is 4. The number of H-pyrrole nitrogens is 1. The quantitative estimate of drug-likeness (QED) is 0.828. The lowest BCUT2D eigenvalue weighted by molar-refractivity contribution is -0.121. The number of hydrogen-bond acceptors (Lipinski definition) is 5. The molecule has 7 heteroatoms. The molecule has 2 N–H and O–H groups in total. The fraction of sp³-hybridized carbons (Fsp3) is 0.455. The molecular weight excluding hydrogens is 250 g/mol. The number of tetrazole rings is 1. The third-order valence-corrected chi connectivity index (χ3v) is 3.47. The van der Waals surface area contributed by atoms with Crippen LogP contribution < -0.4 is 5.32 Å². The van der Waals surface area contributed by atoms with Crippen LogP contribution in [0, 0.1) is 0 Å². The van der Waals surface area contributed by atoms with E-state index in [1.807, 2.05) is 18.4 Å². The number of amides is 1. The molecule has 2 aromatic heterocycles. The minimum absolute atomic E-state index is 0.0175. The lowest BCUT2D eigenvalue weighted by Crippen LogP contribution is -2.27. The summed E-state index contributed by atoms with van der Waals surface area (Å²) in [5.41, 5.74) is 0. The molecule has 0 radical (unpaired) electrons. The van der Waals surface area contributed by atoms with Crippen molar-refractivity contribution in [1.29, 1.82) is 0 Å². The number of rotatable bonds is 6. The van der Waals surface area contributed by atoms with E-state index >= 15 is 0 Å². The van der Waals surface area contributed by atoms with Crippen molar-refractivity contribution in [1.82, 2.24) is 25.9 Å². The zero-order chi connectivity index (χ0) is 12.8. The molecule has 2 rings (SSSR count). The Morgan fingerprint density at radius 2 is 2.50 bits per heavy atom. The summed E-state index contributed by atoms with van der Waals surface area (Å²) in [6, 6.07) is 3.90. The smallest absolute Gasteiger partial charge is 0.220 e. The number of thiophene rings is 1.